The molecule has 6 atom stereocenters. The molecule has 6 aliphatic rings. The van der Waals surface area contributed by atoms with E-state index in [0.29, 0.717) is 29.0 Å². The quantitative estimate of drug-likeness (QED) is 0.188. The topological polar surface area (TPSA) is 20.7 Å². The number of para-hydroxylation sites is 1. The summed E-state index contributed by atoms with van der Waals surface area (Å²) in [7, 11) is 0. The minimum atomic E-state index is -0.268. The lowest BCUT2D eigenvalue weighted by Gasteiger charge is -2.53. The van der Waals surface area contributed by atoms with E-state index in [-0.39, 0.29) is 5.41 Å². The Labute approximate surface area is 315 Å². The molecule has 0 saturated heterocycles. The lowest BCUT2D eigenvalue weighted by molar-refractivity contribution is 0.425. The van der Waals surface area contributed by atoms with E-state index < -0.39 is 0 Å². The lowest BCUT2D eigenvalue weighted by Crippen LogP contribution is -2.47. The van der Waals surface area contributed by atoms with Crippen molar-refractivity contribution in [3.8, 4) is 0 Å². The predicted octanol–water partition coefficient (Wildman–Crippen LogP) is 12.6. The summed E-state index contributed by atoms with van der Waals surface area (Å²) < 4.78 is 2.64. The third-order valence-electron chi connectivity index (χ3n) is 12.6. The molecule has 256 valence electrons. The van der Waals surface area contributed by atoms with Gasteiger partial charge in [0.1, 0.15) is 0 Å². The Morgan fingerprint density at radius 3 is 2.65 bits per heavy atom. The number of aromatic nitrogens is 2. The monoisotopic (exact) mass is 710 g/mol. The van der Waals surface area contributed by atoms with Crippen LogP contribution in [-0.2, 0) is 11.8 Å². The Balaban J connectivity index is 1.09. The second kappa shape index (κ2) is 12.1. The maximum absolute atomic E-state index is 3.48. The van der Waals surface area contributed by atoms with Gasteiger partial charge in [0.05, 0.1) is 11.5 Å². The average Bonchev–Trinajstić information content (AvgIpc) is 3.85. The van der Waals surface area contributed by atoms with Crippen molar-refractivity contribution < 1.29 is 0 Å². The van der Waals surface area contributed by atoms with Gasteiger partial charge in [0, 0.05) is 55.4 Å². The number of aromatic amines is 1. The van der Waals surface area contributed by atoms with Crippen LogP contribution in [0.4, 0.5) is 0 Å². The number of hydrogen-bond acceptors (Lipinski definition) is 2. The predicted molar refractivity (Wildman–Crippen MR) is 220 cm³/mol. The van der Waals surface area contributed by atoms with Crippen molar-refractivity contribution in [1.82, 2.24) is 9.55 Å². The molecule has 2 aromatic heterocycles. The van der Waals surface area contributed by atoms with Crippen molar-refractivity contribution in [3.05, 3.63) is 178 Å². The number of fused-ring (bicyclic) bond motifs is 10. The zero-order valence-electron chi connectivity index (χ0n) is 29.5. The summed E-state index contributed by atoms with van der Waals surface area (Å²) in [5.74, 6) is 1.16. The fourth-order valence-electron chi connectivity index (χ4n) is 10.3. The summed E-state index contributed by atoms with van der Waals surface area (Å²) in [4.78, 5) is 7.87. The van der Waals surface area contributed by atoms with Gasteiger partial charge in [-0.25, -0.2) is 0 Å². The molecule has 0 amide bonds. The van der Waals surface area contributed by atoms with Gasteiger partial charge in [-0.3, -0.25) is 0 Å². The Morgan fingerprint density at radius 2 is 1.75 bits per heavy atom. The van der Waals surface area contributed by atoms with Gasteiger partial charge >= 0.3 is 0 Å². The Kier molecular flexibility index (Phi) is 7.24. The highest BCUT2D eigenvalue weighted by Crippen LogP contribution is 2.65. The fraction of sp³-hybridized carbons (Fsp3) is 0.250. The number of nitrogens with one attached hydrogen (secondary N) is 1. The van der Waals surface area contributed by atoms with Crippen molar-refractivity contribution in [2.45, 2.75) is 71.4 Å². The second-order valence-corrected chi connectivity index (χ2v) is 17.9. The van der Waals surface area contributed by atoms with Gasteiger partial charge in [-0.2, -0.15) is 0 Å². The Hall–Kier alpha value is -4.38. The molecule has 11 rings (SSSR count). The lowest BCUT2D eigenvalue weighted by atomic mass is 9.57. The molecule has 5 aromatic rings. The fourth-order valence-corrected chi connectivity index (χ4v) is 13.2. The first-order valence-electron chi connectivity index (χ1n) is 19.2. The summed E-state index contributed by atoms with van der Waals surface area (Å²) in [6.07, 6.45) is 30.2. The molecule has 0 fully saturated rings. The van der Waals surface area contributed by atoms with Gasteiger partial charge in [-0.15, -0.1) is 11.8 Å². The van der Waals surface area contributed by atoms with Crippen LogP contribution >= 0.6 is 23.5 Å². The van der Waals surface area contributed by atoms with E-state index in [4.69, 9.17) is 0 Å². The molecule has 2 aliphatic heterocycles. The number of H-pyrrole nitrogens is 1. The number of rotatable bonds is 3. The Bertz CT molecular complexity index is 2450. The van der Waals surface area contributed by atoms with Gasteiger partial charge in [-0.1, -0.05) is 116 Å². The number of allylic oxidation sites excluding steroid dienone is 10. The molecule has 1 N–H and O–H groups in total. The molecule has 0 bridgehead atoms. The van der Waals surface area contributed by atoms with Gasteiger partial charge in [-0.05, 0) is 113 Å². The number of thioether (sulfide) groups is 2. The molecule has 3 aromatic carbocycles. The van der Waals surface area contributed by atoms with Crippen molar-refractivity contribution in [1.29, 1.82) is 0 Å². The molecule has 6 unspecified atom stereocenters. The van der Waals surface area contributed by atoms with E-state index in [1.165, 1.54) is 84.7 Å². The van der Waals surface area contributed by atoms with Crippen molar-refractivity contribution >= 4 is 46.1 Å². The molecular weight excluding hydrogens is 669 g/mol. The van der Waals surface area contributed by atoms with Crippen LogP contribution in [0.5, 0.6) is 0 Å². The van der Waals surface area contributed by atoms with Gasteiger partial charge < -0.3 is 9.55 Å². The van der Waals surface area contributed by atoms with E-state index in [0.717, 1.165) is 12.8 Å². The minimum Gasteiger partial charge on any atom is -0.361 e. The largest absolute Gasteiger partial charge is 0.361 e. The SMILES string of the molecule is CC1C=CC2=C(C1)Sc1ccccc1C21c2cc(C3C=Cc4c(c5ccccc5n4C4C=CCCC4)C3)ccc2SC2C=C(c3ccc[nH]3)C=CC21. The molecule has 0 radical (unpaired) electrons. The van der Waals surface area contributed by atoms with Crippen LogP contribution in [-0.4, -0.2) is 14.8 Å². The Morgan fingerprint density at radius 1 is 0.827 bits per heavy atom. The molecule has 2 nitrogen and oxygen atoms in total. The van der Waals surface area contributed by atoms with Crippen LogP contribution in [0, 0.1) is 11.8 Å². The van der Waals surface area contributed by atoms with Crippen LogP contribution in [0.3, 0.4) is 0 Å². The molecule has 52 heavy (non-hydrogen) atoms. The molecule has 0 saturated carbocycles. The molecule has 1 spiro atoms. The molecular formula is C48H42N2S2. The summed E-state index contributed by atoms with van der Waals surface area (Å²) in [6, 6.07) is 30.8. The average molecular weight is 711 g/mol. The van der Waals surface area contributed by atoms with E-state index in [1.807, 2.05) is 18.0 Å². The summed E-state index contributed by atoms with van der Waals surface area (Å²) in [5, 5.41) is 1.74. The number of benzene rings is 3. The maximum Gasteiger partial charge on any atom is 0.0557 e. The first-order valence-corrected chi connectivity index (χ1v) is 20.9. The normalized spacial score (nSPS) is 28.3. The second-order valence-electron chi connectivity index (χ2n) is 15.6. The van der Waals surface area contributed by atoms with E-state index in [9.17, 15) is 0 Å². The van der Waals surface area contributed by atoms with Crippen molar-refractivity contribution in [2.24, 2.45) is 11.8 Å². The van der Waals surface area contributed by atoms with E-state index in [1.54, 1.807) is 4.91 Å². The van der Waals surface area contributed by atoms with Gasteiger partial charge in [0.25, 0.3) is 0 Å². The number of hydrogen-bond donors (Lipinski definition) is 1. The summed E-state index contributed by atoms with van der Waals surface area (Å²) >= 11 is 4.09. The maximum atomic E-state index is 3.48. The molecule has 4 aliphatic carbocycles. The van der Waals surface area contributed by atoms with E-state index in [2.05, 4.69) is 162 Å². The minimum absolute atomic E-state index is 0.268. The third-order valence-corrected chi connectivity index (χ3v) is 15.1. The van der Waals surface area contributed by atoms with Crippen molar-refractivity contribution in [2.75, 3.05) is 0 Å². The first kappa shape index (κ1) is 31.2. The van der Waals surface area contributed by atoms with Gasteiger partial charge in [0.2, 0.25) is 0 Å². The van der Waals surface area contributed by atoms with Crippen LogP contribution in [0.1, 0.15) is 78.2 Å². The zero-order chi connectivity index (χ0) is 34.4. The van der Waals surface area contributed by atoms with Crippen LogP contribution in [0.2, 0.25) is 0 Å². The van der Waals surface area contributed by atoms with Crippen molar-refractivity contribution in [3.63, 3.8) is 0 Å². The van der Waals surface area contributed by atoms with Crippen LogP contribution in [0.25, 0.3) is 22.6 Å². The van der Waals surface area contributed by atoms with Crippen LogP contribution in [0.15, 0.2) is 154 Å². The highest BCUT2D eigenvalue weighted by atomic mass is 32.2. The molecule has 4 heterocycles. The summed E-state index contributed by atoms with van der Waals surface area (Å²) in [5.41, 5.74) is 12.4. The first-order chi connectivity index (χ1) is 25.7. The van der Waals surface area contributed by atoms with Crippen LogP contribution < -0.4 is 0 Å². The number of nitrogens with zero attached hydrogens (tertiary/aromatic N) is 1. The highest BCUT2D eigenvalue weighted by Gasteiger charge is 2.55. The summed E-state index contributed by atoms with van der Waals surface area (Å²) in [6.45, 7) is 2.37. The molecule has 4 heteroatoms. The smallest absolute Gasteiger partial charge is 0.0557 e. The van der Waals surface area contributed by atoms with Gasteiger partial charge in [0.15, 0.2) is 0 Å². The van der Waals surface area contributed by atoms with E-state index >= 15 is 0 Å². The highest BCUT2D eigenvalue weighted by molar-refractivity contribution is 8.03. The zero-order valence-corrected chi connectivity index (χ0v) is 31.1. The standard InChI is InChI=1S/C48H42N2S2/c1-30-17-21-38-46(26-30)51-44-16-8-6-13-37(44)48(38)39-22-18-33(41-14-9-25-49-41)29-47(39)52-45-24-20-32(28-40(45)48)31-19-23-43-36(27-31)35-12-5-7-15-42(35)50(43)34-10-3-2-4-11-34/h3,5-10,12-25,28-31,34,39,47,49H,2,4,11,26-27H2,1H3. The third kappa shape index (κ3) is 4.59.